The number of benzene rings is 2. The molecule has 0 amide bonds. The van der Waals surface area contributed by atoms with E-state index in [2.05, 4.69) is 9.97 Å². The molecule has 0 aliphatic carbocycles. The molecule has 1 atom stereocenters. The number of aromatic nitrogens is 3. The second-order valence-electron chi connectivity index (χ2n) is 6.48. The lowest BCUT2D eigenvalue weighted by molar-refractivity contribution is 0.230. The molecule has 2 aromatic carbocycles. The lowest BCUT2D eigenvalue weighted by atomic mass is 10.1. The summed E-state index contributed by atoms with van der Waals surface area (Å²) in [5.41, 5.74) is 9.82. The van der Waals surface area contributed by atoms with Crippen molar-refractivity contribution in [1.29, 1.82) is 0 Å². The molecule has 2 aromatic heterocycles. The molecule has 0 aliphatic rings. The smallest absolute Gasteiger partial charge is 0.146 e. The molecule has 4 rings (SSSR count). The molecule has 0 fully saturated rings. The second-order valence-corrected chi connectivity index (χ2v) is 6.48. The summed E-state index contributed by atoms with van der Waals surface area (Å²) in [6, 6.07) is 16.7. The van der Waals surface area contributed by atoms with Crippen molar-refractivity contribution in [2.75, 3.05) is 12.3 Å². The van der Waals surface area contributed by atoms with Crippen molar-refractivity contribution in [3.05, 3.63) is 72.7 Å². The summed E-state index contributed by atoms with van der Waals surface area (Å²) < 4.78 is 1.96. The summed E-state index contributed by atoms with van der Waals surface area (Å²) in [6.07, 6.45) is 4.02. The Kier molecular flexibility index (Phi) is 4.48. The van der Waals surface area contributed by atoms with Gasteiger partial charge in [0.15, 0.2) is 0 Å². The number of hydrogen-bond donors (Lipinski definition) is 3. The summed E-state index contributed by atoms with van der Waals surface area (Å²) in [4.78, 5) is 8.58. The van der Waals surface area contributed by atoms with Crippen molar-refractivity contribution in [2.45, 2.75) is 12.5 Å². The van der Waals surface area contributed by atoms with E-state index in [0.717, 1.165) is 22.1 Å². The molecule has 0 spiro atoms. The Balaban J connectivity index is 1.83. The van der Waals surface area contributed by atoms with E-state index < -0.39 is 0 Å². The van der Waals surface area contributed by atoms with Crippen molar-refractivity contribution in [1.82, 2.24) is 14.5 Å². The largest absolute Gasteiger partial charge is 0.508 e. The molecule has 4 N–H and O–H groups in total. The van der Waals surface area contributed by atoms with Crippen LogP contribution >= 0.6 is 0 Å². The molecule has 136 valence electrons. The van der Waals surface area contributed by atoms with Crippen LogP contribution in [0, 0.1) is 0 Å². The Labute approximate surface area is 156 Å². The van der Waals surface area contributed by atoms with Crippen LogP contribution in [0.25, 0.3) is 22.2 Å². The molecule has 0 aliphatic heterocycles. The highest BCUT2D eigenvalue weighted by Gasteiger charge is 2.20. The SMILES string of the molecule is Nc1ncnc2c1c(-c1ccccc1)cn2[C@@H](CO)Cc1ccc(O)cc1. The zero-order valence-electron chi connectivity index (χ0n) is 14.7. The first-order valence-electron chi connectivity index (χ1n) is 8.72. The molecular formula is C21H20N4O2. The van der Waals surface area contributed by atoms with Crippen molar-refractivity contribution in [2.24, 2.45) is 0 Å². The van der Waals surface area contributed by atoms with Gasteiger partial charge in [-0.1, -0.05) is 42.5 Å². The average molecular weight is 360 g/mol. The first-order chi connectivity index (χ1) is 13.2. The Morgan fingerprint density at radius 1 is 1.00 bits per heavy atom. The van der Waals surface area contributed by atoms with E-state index in [1.54, 1.807) is 12.1 Å². The molecule has 0 bridgehead atoms. The quantitative estimate of drug-likeness (QED) is 0.508. The highest BCUT2D eigenvalue weighted by molar-refractivity contribution is 6.00. The van der Waals surface area contributed by atoms with Crippen molar-refractivity contribution in [3.8, 4) is 16.9 Å². The number of hydrogen-bond acceptors (Lipinski definition) is 5. The minimum atomic E-state index is -0.219. The summed E-state index contributed by atoms with van der Waals surface area (Å²) in [6.45, 7) is -0.0528. The number of phenols is 1. The number of nitrogens with two attached hydrogens (primary N) is 1. The van der Waals surface area contributed by atoms with Crippen LogP contribution in [0.15, 0.2) is 67.1 Å². The van der Waals surface area contributed by atoms with Gasteiger partial charge in [0.05, 0.1) is 18.0 Å². The Bertz CT molecular complexity index is 1060. The summed E-state index contributed by atoms with van der Waals surface area (Å²) in [5, 5.41) is 20.3. The monoisotopic (exact) mass is 360 g/mol. The minimum Gasteiger partial charge on any atom is -0.508 e. The van der Waals surface area contributed by atoms with E-state index in [0.29, 0.717) is 17.9 Å². The first kappa shape index (κ1) is 17.1. The lowest BCUT2D eigenvalue weighted by Crippen LogP contribution is -2.15. The zero-order chi connectivity index (χ0) is 18.8. The van der Waals surface area contributed by atoms with Crippen molar-refractivity contribution >= 4 is 16.9 Å². The number of phenolic OH excluding ortho intramolecular Hbond substituents is 1. The van der Waals surface area contributed by atoms with E-state index in [4.69, 9.17) is 5.73 Å². The van der Waals surface area contributed by atoms with Crippen LogP contribution in [-0.4, -0.2) is 31.4 Å². The number of aromatic hydroxyl groups is 1. The number of nitrogens with zero attached hydrogens (tertiary/aromatic N) is 3. The predicted octanol–water partition coefficient (Wildman–Crippen LogP) is 3.16. The van der Waals surface area contributed by atoms with E-state index in [-0.39, 0.29) is 18.4 Å². The van der Waals surface area contributed by atoms with E-state index in [9.17, 15) is 10.2 Å². The molecule has 4 aromatic rings. The standard InChI is InChI=1S/C21H20N4O2/c22-20-19-18(15-4-2-1-3-5-15)11-25(21(19)24-13-23-20)16(12-26)10-14-6-8-17(27)9-7-14/h1-9,11,13,16,26-27H,10,12H2,(H2,22,23,24)/t16-/m1/s1. The molecule has 0 radical (unpaired) electrons. The van der Waals surface area contributed by atoms with Gasteiger partial charge in [0, 0.05) is 11.8 Å². The van der Waals surface area contributed by atoms with Crippen molar-refractivity contribution < 1.29 is 10.2 Å². The van der Waals surface area contributed by atoms with Crippen LogP contribution < -0.4 is 5.73 Å². The van der Waals surface area contributed by atoms with Gasteiger partial charge in [-0.15, -0.1) is 0 Å². The Hall–Kier alpha value is -3.38. The first-order valence-corrected chi connectivity index (χ1v) is 8.72. The zero-order valence-corrected chi connectivity index (χ0v) is 14.7. The van der Waals surface area contributed by atoms with Gasteiger partial charge < -0.3 is 20.5 Å². The molecule has 6 nitrogen and oxygen atoms in total. The van der Waals surface area contributed by atoms with Crippen LogP contribution in [-0.2, 0) is 6.42 Å². The maximum absolute atomic E-state index is 10.1. The Morgan fingerprint density at radius 3 is 2.44 bits per heavy atom. The van der Waals surface area contributed by atoms with Gasteiger partial charge in [-0.05, 0) is 29.7 Å². The van der Waals surface area contributed by atoms with Crippen LogP contribution in [0.4, 0.5) is 5.82 Å². The average Bonchev–Trinajstić information content (AvgIpc) is 3.09. The van der Waals surface area contributed by atoms with E-state index >= 15 is 0 Å². The van der Waals surface area contributed by atoms with Gasteiger partial charge in [0.25, 0.3) is 0 Å². The number of aliphatic hydroxyl groups is 1. The van der Waals surface area contributed by atoms with Gasteiger partial charge >= 0.3 is 0 Å². The summed E-state index contributed by atoms with van der Waals surface area (Å²) >= 11 is 0. The maximum atomic E-state index is 10.1. The number of rotatable bonds is 5. The van der Waals surface area contributed by atoms with Crippen LogP contribution in [0.2, 0.25) is 0 Å². The van der Waals surface area contributed by atoms with Gasteiger partial charge in [0.1, 0.15) is 23.5 Å². The number of anilines is 1. The van der Waals surface area contributed by atoms with Gasteiger partial charge in [0.2, 0.25) is 0 Å². The van der Waals surface area contributed by atoms with E-state index in [1.165, 1.54) is 6.33 Å². The highest BCUT2D eigenvalue weighted by atomic mass is 16.3. The molecular weight excluding hydrogens is 340 g/mol. The van der Waals surface area contributed by atoms with Crippen LogP contribution in [0.5, 0.6) is 5.75 Å². The topological polar surface area (TPSA) is 97.2 Å². The summed E-state index contributed by atoms with van der Waals surface area (Å²) in [5.74, 6) is 0.636. The molecule has 0 saturated carbocycles. The van der Waals surface area contributed by atoms with Crippen molar-refractivity contribution in [3.63, 3.8) is 0 Å². The van der Waals surface area contributed by atoms with Gasteiger partial charge in [-0.2, -0.15) is 0 Å². The van der Waals surface area contributed by atoms with Crippen LogP contribution in [0.3, 0.4) is 0 Å². The third-order valence-electron chi connectivity index (χ3n) is 4.74. The third-order valence-corrected chi connectivity index (χ3v) is 4.74. The fourth-order valence-corrected chi connectivity index (χ4v) is 3.38. The van der Waals surface area contributed by atoms with E-state index in [1.807, 2.05) is 53.2 Å². The molecule has 6 heteroatoms. The fraction of sp³-hybridized carbons (Fsp3) is 0.143. The summed E-state index contributed by atoms with van der Waals surface area (Å²) in [7, 11) is 0. The minimum absolute atomic E-state index is 0.0528. The maximum Gasteiger partial charge on any atom is 0.146 e. The van der Waals surface area contributed by atoms with Gasteiger partial charge in [-0.25, -0.2) is 9.97 Å². The predicted molar refractivity (Wildman–Crippen MR) is 105 cm³/mol. The third kappa shape index (κ3) is 3.22. The highest BCUT2D eigenvalue weighted by Crippen LogP contribution is 2.34. The molecule has 27 heavy (non-hydrogen) atoms. The molecule has 0 saturated heterocycles. The molecule has 0 unspecified atom stereocenters. The lowest BCUT2D eigenvalue weighted by Gasteiger charge is -2.17. The number of nitrogen functional groups attached to an aromatic ring is 1. The number of aliphatic hydroxyl groups excluding tert-OH is 1. The van der Waals surface area contributed by atoms with Gasteiger partial charge in [-0.3, -0.25) is 0 Å². The Morgan fingerprint density at radius 2 is 1.74 bits per heavy atom. The number of fused-ring (bicyclic) bond motifs is 1. The second kappa shape index (κ2) is 7.09. The fourth-order valence-electron chi connectivity index (χ4n) is 3.38. The normalized spacial score (nSPS) is 12.3. The molecule has 2 heterocycles. The van der Waals surface area contributed by atoms with Crippen LogP contribution in [0.1, 0.15) is 11.6 Å².